The van der Waals surface area contributed by atoms with Crippen LogP contribution < -0.4 is 0 Å². The number of pyridine rings is 1. The van der Waals surface area contributed by atoms with E-state index in [2.05, 4.69) is 4.98 Å². The van der Waals surface area contributed by atoms with Crippen LogP contribution in [0.2, 0.25) is 0 Å². The van der Waals surface area contributed by atoms with Gasteiger partial charge in [-0.15, -0.1) is 0 Å². The van der Waals surface area contributed by atoms with Gasteiger partial charge in [-0.1, -0.05) is 0 Å². The number of carbonyl (C=O) groups excluding carboxylic acids is 1. The fourth-order valence-electron chi connectivity index (χ4n) is 1.05. The fraction of sp³-hybridized carbons (Fsp3) is 0.300. The highest BCUT2D eigenvalue weighted by Gasteiger charge is 2.10. The van der Waals surface area contributed by atoms with Gasteiger partial charge in [0.2, 0.25) is 0 Å². The zero-order valence-corrected chi connectivity index (χ0v) is 8.16. The number of halogens is 1. The molecule has 1 heterocycles. The van der Waals surface area contributed by atoms with Gasteiger partial charge in [0.1, 0.15) is 11.9 Å². The number of hydrogen-bond acceptors (Lipinski definition) is 4. The van der Waals surface area contributed by atoms with Gasteiger partial charge < -0.3 is 4.74 Å². The van der Waals surface area contributed by atoms with E-state index in [0.717, 1.165) is 12.3 Å². The Morgan fingerprint density at radius 1 is 1.73 bits per heavy atom. The largest absolute Gasteiger partial charge is 0.466 e. The van der Waals surface area contributed by atoms with Crippen LogP contribution >= 0.6 is 0 Å². The van der Waals surface area contributed by atoms with Crippen molar-refractivity contribution in [3.05, 3.63) is 29.3 Å². The van der Waals surface area contributed by atoms with Crippen LogP contribution in [-0.2, 0) is 16.0 Å². The first kappa shape index (κ1) is 11.1. The third-order valence-electron chi connectivity index (χ3n) is 1.67. The van der Waals surface area contributed by atoms with Crippen molar-refractivity contribution in [2.45, 2.75) is 13.3 Å². The third-order valence-corrected chi connectivity index (χ3v) is 1.67. The van der Waals surface area contributed by atoms with Gasteiger partial charge in [0, 0.05) is 0 Å². The van der Waals surface area contributed by atoms with Crippen LogP contribution in [0.3, 0.4) is 0 Å². The van der Waals surface area contributed by atoms with Crippen LogP contribution in [0, 0.1) is 17.1 Å². The van der Waals surface area contributed by atoms with Crippen LogP contribution in [0.1, 0.15) is 18.2 Å². The van der Waals surface area contributed by atoms with Crippen molar-refractivity contribution in [2.24, 2.45) is 0 Å². The fourth-order valence-corrected chi connectivity index (χ4v) is 1.05. The normalized spacial score (nSPS) is 9.40. The minimum atomic E-state index is -0.598. The SMILES string of the molecule is CCOC(=O)Cc1ncc(F)cc1C#N. The summed E-state index contributed by atoms with van der Waals surface area (Å²) in [6.07, 6.45) is 0.854. The van der Waals surface area contributed by atoms with Crippen molar-refractivity contribution in [1.29, 1.82) is 5.26 Å². The Morgan fingerprint density at radius 2 is 2.47 bits per heavy atom. The van der Waals surface area contributed by atoms with Crippen molar-refractivity contribution in [3.63, 3.8) is 0 Å². The Kier molecular flexibility index (Phi) is 3.75. The monoisotopic (exact) mass is 208 g/mol. The molecule has 5 heteroatoms. The maximum atomic E-state index is 12.7. The molecule has 0 N–H and O–H groups in total. The molecule has 0 spiro atoms. The number of hydrogen-bond donors (Lipinski definition) is 0. The summed E-state index contributed by atoms with van der Waals surface area (Å²) in [7, 11) is 0. The van der Waals surface area contributed by atoms with Gasteiger partial charge in [0.05, 0.1) is 30.5 Å². The summed E-state index contributed by atoms with van der Waals surface area (Å²) in [5, 5.41) is 8.68. The van der Waals surface area contributed by atoms with Gasteiger partial charge in [-0.25, -0.2) is 4.39 Å². The number of nitriles is 1. The van der Waals surface area contributed by atoms with E-state index in [9.17, 15) is 9.18 Å². The predicted molar refractivity (Wildman–Crippen MR) is 49.2 cm³/mol. The minimum Gasteiger partial charge on any atom is -0.466 e. The molecule has 0 saturated heterocycles. The molecule has 0 saturated carbocycles. The van der Waals surface area contributed by atoms with Crippen LogP contribution in [-0.4, -0.2) is 17.6 Å². The molecule has 0 aromatic carbocycles. The summed E-state index contributed by atoms with van der Waals surface area (Å²) in [6.45, 7) is 1.95. The topological polar surface area (TPSA) is 63.0 Å². The molecular formula is C10H9FN2O2. The average Bonchev–Trinajstić information content (AvgIpc) is 2.21. The molecule has 0 aliphatic rings. The molecule has 1 aromatic heterocycles. The Balaban J connectivity index is 2.86. The minimum absolute atomic E-state index is 0.0584. The zero-order valence-electron chi connectivity index (χ0n) is 8.16. The highest BCUT2D eigenvalue weighted by Crippen LogP contribution is 2.08. The highest BCUT2D eigenvalue weighted by atomic mass is 19.1. The lowest BCUT2D eigenvalue weighted by Crippen LogP contribution is -2.10. The van der Waals surface area contributed by atoms with Crippen LogP contribution in [0.4, 0.5) is 4.39 Å². The van der Waals surface area contributed by atoms with Gasteiger partial charge in [0.15, 0.2) is 0 Å². The predicted octanol–water partition coefficient (Wildman–Crippen LogP) is 1.20. The molecule has 0 radical (unpaired) electrons. The standard InChI is InChI=1S/C10H9FN2O2/c1-2-15-10(14)4-9-7(5-12)3-8(11)6-13-9/h3,6H,2,4H2,1H3. The summed E-state index contributed by atoms with van der Waals surface area (Å²) >= 11 is 0. The first-order valence-corrected chi connectivity index (χ1v) is 4.37. The van der Waals surface area contributed by atoms with Crippen molar-refractivity contribution in [1.82, 2.24) is 4.98 Å². The van der Waals surface area contributed by atoms with Gasteiger partial charge in [-0.2, -0.15) is 5.26 Å². The number of rotatable bonds is 3. The molecule has 0 aliphatic heterocycles. The molecule has 4 nitrogen and oxygen atoms in total. The lowest BCUT2D eigenvalue weighted by molar-refractivity contribution is -0.142. The molecule has 1 aromatic rings. The smallest absolute Gasteiger partial charge is 0.311 e. The zero-order chi connectivity index (χ0) is 11.3. The summed E-state index contributed by atoms with van der Waals surface area (Å²) < 4.78 is 17.4. The molecule has 0 bridgehead atoms. The van der Waals surface area contributed by atoms with E-state index in [-0.39, 0.29) is 24.3 Å². The molecule has 15 heavy (non-hydrogen) atoms. The quantitative estimate of drug-likeness (QED) is 0.700. The first-order valence-electron chi connectivity index (χ1n) is 4.37. The summed E-state index contributed by atoms with van der Waals surface area (Å²) in [6, 6.07) is 2.82. The second kappa shape index (κ2) is 5.05. The molecule has 0 atom stereocenters. The molecule has 0 amide bonds. The van der Waals surface area contributed by atoms with E-state index >= 15 is 0 Å². The molecular weight excluding hydrogens is 199 g/mol. The number of carbonyl (C=O) groups is 1. The van der Waals surface area contributed by atoms with E-state index in [1.165, 1.54) is 0 Å². The molecule has 78 valence electrons. The molecule has 0 unspecified atom stereocenters. The summed E-state index contributed by atoms with van der Waals surface area (Å²) in [5.74, 6) is -1.08. The van der Waals surface area contributed by atoms with E-state index in [1.54, 1.807) is 13.0 Å². The molecule has 1 rings (SSSR count). The Labute approximate surface area is 86.3 Å². The number of aromatic nitrogens is 1. The maximum absolute atomic E-state index is 12.7. The van der Waals surface area contributed by atoms with E-state index < -0.39 is 11.8 Å². The number of esters is 1. The van der Waals surface area contributed by atoms with Crippen molar-refractivity contribution in [2.75, 3.05) is 6.61 Å². The van der Waals surface area contributed by atoms with Crippen molar-refractivity contribution >= 4 is 5.97 Å². The number of nitrogens with zero attached hydrogens (tertiary/aromatic N) is 2. The molecule has 0 aliphatic carbocycles. The highest BCUT2D eigenvalue weighted by molar-refractivity contribution is 5.72. The Bertz CT molecular complexity index is 412. The molecule has 0 fully saturated rings. The second-order valence-electron chi connectivity index (χ2n) is 2.74. The maximum Gasteiger partial charge on any atom is 0.311 e. The van der Waals surface area contributed by atoms with E-state index in [0.29, 0.717) is 0 Å². The average molecular weight is 208 g/mol. The van der Waals surface area contributed by atoms with Crippen LogP contribution in [0.5, 0.6) is 0 Å². The summed E-state index contributed by atoms with van der Waals surface area (Å²) in [5.41, 5.74) is 0.292. The Hall–Kier alpha value is -1.96. The van der Waals surface area contributed by atoms with Gasteiger partial charge in [-0.05, 0) is 13.0 Å². The van der Waals surface area contributed by atoms with Crippen LogP contribution in [0.25, 0.3) is 0 Å². The van der Waals surface area contributed by atoms with E-state index in [4.69, 9.17) is 10.00 Å². The third kappa shape index (κ3) is 3.02. The number of ether oxygens (including phenoxy) is 1. The van der Waals surface area contributed by atoms with Gasteiger partial charge >= 0.3 is 5.97 Å². The van der Waals surface area contributed by atoms with Gasteiger partial charge in [0.25, 0.3) is 0 Å². The lowest BCUT2D eigenvalue weighted by Gasteiger charge is -2.02. The second-order valence-corrected chi connectivity index (χ2v) is 2.74. The Morgan fingerprint density at radius 3 is 3.07 bits per heavy atom. The lowest BCUT2D eigenvalue weighted by atomic mass is 10.1. The van der Waals surface area contributed by atoms with E-state index in [1.807, 2.05) is 0 Å². The van der Waals surface area contributed by atoms with Crippen molar-refractivity contribution < 1.29 is 13.9 Å². The van der Waals surface area contributed by atoms with Gasteiger partial charge in [-0.3, -0.25) is 9.78 Å². The van der Waals surface area contributed by atoms with Crippen LogP contribution in [0.15, 0.2) is 12.3 Å². The first-order chi connectivity index (χ1) is 7.17. The van der Waals surface area contributed by atoms with Crippen molar-refractivity contribution in [3.8, 4) is 6.07 Å². The summed E-state index contributed by atoms with van der Waals surface area (Å²) in [4.78, 5) is 14.8.